The van der Waals surface area contributed by atoms with Crippen molar-refractivity contribution in [2.24, 2.45) is 0 Å². The molecule has 1 saturated heterocycles. The van der Waals surface area contributed by atoms with E-state index in [1.807, 2.05) is 0 Å². The standard InChI is InChI=1S/C14H17FN4/c1-19-5-4-10(8-19)18-14-11-6-9(15)2-3-13(11)17-7-12(14)16/h2-3,6-7,10H,4-5,8,16H2,1H3,(H,17,18)/t10-/m1/s1. The Morgan fingerprint density at radius 1 is 1.47 bits per heavy atom. The highest BCUT2D eigenvalue weighted by molar-refractivity contribution is 5.97. The molecule has 1 aromatic carbocycles. The maximum atomic E-state index is 13.4. The first-order chi connectivity index (χ1) is 9.13. The van der Waals surface area contributed by atoms with Crippen LogP contribution in [0.5, 0.6) is 0 Å². The predicted octanol–water partition coefficient (Wildman–Crippen LogP) is 2.07. The number of rotatable bonds is 2. The molecule has 3 N–H and O–H groups in total. The van der Waals surface area contributed by atoms with Crippen LogP contribution < -0.4 is 11.1 Å². The number of nitrogens with one attached hydrogen (secondary N) is 1. The second kappa shape index (κ2) is 4.66. The third kappa shape index (κ3) is 2.33. The van der Waals surface area contributed by atoms with E-state index in [4.69, 9.17) is 5.73 Å². The van der Waals surface area contributed by atoms with Crippen LogP contribution >= 0.6 is 0 Å². The van der Waals surface area contributed by atoms with Crippen LogP contribution in [0.25, 0.3) is 10.9 Å². The smallest absolute Gasteiger partial charge is 0.124 e. The molecule has 2 aromatic rings. The van der Waals surface area contributed by atoms with Gasteiger partial charge in [0, 0.05) is 18.0 Å². The van der Waals surface area contributed by atoms with Gasteiger partial charge in [0.2, 0.25) is 0 Å². The Hall–Kier alpha value is -1.88. The fraction of sp³-hybridized carbons (Fsp3) is 0.357. The van der Waals surface area contributed by atoms with Gasteiger partial charge < -0.3 is 16.0 Å². The third-order valence-corrected chi connectivity index (χ3v) is 3.60. The van der Waals surface area contributed by atoms with Crippen LogP contribution in [-0.2, 0) is 0 Å². The first-order valence-electron chi connectivity index (χ1n) is 6.42. The number of nitrogens with two attached hydrogens (primary N) is 1. The van der Waals surface area contributed by atoms with Gasteiger partial charge in [-0.25, -0.2) is 4.39 Å². The van der Waals surface area contributed by atoms with Crippen molar-refractivity contribution in [2.45, 2.75) is 12.5 Å². The summed E-state index contributed by atoms with van der Waals surface area (Å²) < 4.78 is 13.4. The monoisotopic (exact) mass is 260 g/mol. The zero-order valence-corrected chi connectivity index (χ0v) is 10.9. The van der Waals surface area contributed by atoms with Gasteiger partial charge in [-0.1, -0.05) is 0 Å². The summed E-state index contributed by atoms with van der Waals surface area (Å²) in [5.41, 5.74) is 8.10. The molecule has 100 valence electrons. The largest absolute Gasteiger partial charge is 0.396 e. The van der Waals surface area contributed by atoms with Crippen molar-refractivity contribution in [3.05, 3.63) is 30.2 Å². The van der Waals surface area contributed by atoms with Gasteiger partial charge in [-0.3, -0.25) is 4.98 Å². The fourth-order valence-electron chi connectivity index (χ4n) is 2.60. The Kier molecular flexibility index (Phi) is 2.98. The van der Waals surface area contributed by atoms with Gasteiger partial charge >= 0.3 is 0 Å². The van der Waals surface area contributed by atoms with Crippen molar-refractivity contribution in [2.75, 3.05) is 31.2 Å². The number of likely N-dealkylation sites (N-methyl/N-ethyl adjacent to an activating group) is 1. The zero-order valence-electron chi connectivity index (χ0n) is 10.9. The first-order valence-corrected chi connectivity index (χ1v) is 6.42. The second-order valence-electron chi connectivity index (χ2n) is 5.14. The number of benzene rings is 1. The quantitative estimate of drug-likeness (QED) is 0.868. The molecule has 3 rings (SSSR count). The Balaban J connectivity index is 2.01. The van der Waals surface area contributed by atoms with E-state index in [1.54, 1.807) is 12.3 Å². The van der Waals surface area contributed by atoms with E-state index in [0.717, 1.165) is 36.1 Å². The minimum Gasteiger partial charge on any atom is -0.396 e. The summed E-state index contributed by atoms with van der Waals surface area (Å²) in [6, 6.07) is 4.93. The van der Waals surface area contributed by atoms with Crippen LogP contribution in [0, 0.1) is 5.82 Å². The Morgan fingerprint density at radius 2 is 2.32 bits per heavy atom. The van der Waals surface area contributed by atoms with Crippen molar-refractivity contribution < 1.29 is 4.39 Å². The summed E-state index contributed by atoms with van der Waals surface area (Å²) in [5.74, 6) is -0.272. The lowest BCUT2D eigenvalue weighted by atomic mass is 10.1. The van der Waals surface area contributed by atoms with Crippen molar-refractivity contribution in [1.82, 2.24) is 9.88 Å². The molecule has 0 amide bonds. The number of nitrogens with zero attached hydrogens (tertiary/aromatic N) is 2. The second-order valence-corrected chi connectivity index (χ2v) is 5.14. The molecule has 4 nitrogen and oxygen atoms in total. The highest BCUT2D eigenvalue weighted by Gasteiger charge is 2.20. The molecule has 0 aliphatic carbocycles. The molecule has 1 atom stereocenters. The third-order valence-electron chi connectivity index (χ3n) is 3.60. The average Bonchev–Trinajstić information content (AvgIpc) is 2.79. The molecular formula is C14H17FN4. The van der Waals surface area contributed by atoms with Gasteiger partial charge in [-0.15, -0.1) is 0 Å². The molecule has 1 aliphatic rings. The van der Waals surface area contributed by atoms with Gasteiger partial charge in [-0.05, 0) is 38.2 Å². The summed E-state index contributed by atoms with van der Waals surface area (Å²) in [6.45, 7) is 2.04. The summed E-state index contributed by atoms with van der Waals surface area (Å²) >= 11 is 0. The molecule has 0 radical (unpaired) electrons. The molecule has 0 unspecified atom stereocenters. The number of anilines is 2. The summed E-state index contributed by atoms with van der Waals surface area (Å²) in [4.78, 5) is 6.49. The maximum Gasteiger partial charge on any atom is 0.124 e. The molecule has 2 heterocycles. The molecular weight excluding hydrogens is 243 g/mol. The molecule has 0 saturated carbocycles. The van der Waals surface area contributed by atoms with E-state index in [-0.39, 0.29) is 5.82 Å². The maximum absolute atomic E-state index is 13.4. The van der Waals surface area contributed by atoms with Crippen LogP contribution in [0.2, 0.25) is 0 Å². The fourth-order valence-corrected chi connectivity index (χ4v) is 2.60. The lowest BCUT2D eigenvalue weighted by molar-refractivity contribution is 0.414. The lowest BCUT2D eigenvalue weighted by Gasteiger charge is -2.17. The Bertz CT molecular complexity index is 608. The summed E-state index contributed by atoms with van der Waals surface area (Å²) in [7, 11) is 2.09. The SMILES string of the molecule is CN1CC[C@@H](Nc2c(N)cnc3ccc(F)cc23)C1. The molecule has 1 aromatic heterocycles. The zero-order chi connectivity index (χ0) is 13.4. The summed E-state index contributed by atoms with van der Waals surface area (Å²) in [5, 5.41) is 4.18. The number of hydrogen-bond donors (Lipinski definition) is 2. The van der Waals surface area contributed by atoms with E-state index in [9.17, 15) is 4.39 Å². The van der Waals surface area contributed by atoms with Gasteiger partial charge in [0.1, 0.15) is 5.82 Å². The topological polar surface area (TPSA) is 54.2 Å². The van der Waals surface area contributed by atoms with Gasteiger partial charge in [0.15, 0.2) is 0 Å². The number of nitrogen functional groups attached to an aromatic ring is 1. The number of aromatic nitrogens is 1. The number of likely N-dealkylation sites (tertiary alicyclic amines) is 1. The van der Waals surface area contributed by atoms with Crippen molar-refractivity contribution in [3.63, 3.8) is 0 Å². The van der Waals surface area contributed by atoms with Crippen molar-refractivity contribution in [1.29, 1.82) is 0 Å². The number of fused-ring (bicyclic) bond motifs is 1. The van der Waals surface area contributed by atoms with Crippen LogP contribution in [-0.4, -0.2) is 36.1 Å². The number of pyridine rings is 1. The highest BCUT2D eigenvalue weighted by Crippen LogP contribution is 2.30. The van der Waals surface area contributed by atoms with Gasteiger partial charge in [0.05, 0.1) is 23.1 Å². The van der Waals surface area contributed by atoms with E-state index >= 15 is 0 Å². The first kappa shape index (κ1) is 12.2. The summed E-state index contributed by atoms with van der Waals surface area (Å²) in [6.07, 6.45) is 2.69. The van der Waals surface area contributed by atoms with Crippen LogP contribution in [0.4, 0.5) is 15.8 Å². The molecule has 5 heteroatoms. The Morgan fingerprint density at radius 3 is 3.05 bits per heavy atom. The van der Waals surface area contributed by atoms with E-state index in [0.29, 0.717) is 11.7 Å². The van der Waals surface area contributed by atoms with Crippen LogP contribution in [0.15, 0.2) is 24.4 Å². The number of hydrogen-bond acceptors (Lipinski definition) is 4. The molecule has 1 aliphatic heterocycles. The minimum atomic E-state index is -0.272. The number of halogens is 1. The predicted molar refractivity (Wildman–Crippen MR) is 75.6 cm³/mol. The average molecular weight is 260 g/mol. The van der Waals surface area contributed by atoms with Crippen LogP contribution in [0.3, 0.4) is 0 Å². The van der Waals surface area contributed by atoms with Crippen molar-refractivity contribution in [3.8, 4) is 0 Å². The molecule has 0 bridgehead atoms. The molecule has 19 heavy (non-hydrogen) atoms. The highest BCUT2D eigenvalue weighted by atomic mass is 19.1. The molecule has 1 fully saturated rings. The molecule has 0 spiro atoms. The van der Waals surface area contributed by atoms with E-state index < -0.39 is 0 Å². The van der Waals surface area contributed by atoms with Gasteiger partial charge in [-0.2, -0.15) is 0 Å². The normalized spacial score (nSPS) is 20.0. The van der Waals surface area contributed by atoms with E-state index in [1.165, 1.54) is 12.1 Å². The van der Waals surface area contributed by atoms with E-state index in [2.05, 4.69) is 22.2 Å². The Labute approximate surface area is 111 Å². The lowest BCUT2D eigenvalue weighted by Crippen LogP contribution is -2.24. The van der Waals surface area contributed by atoms with Crippen LogP contribution in [0.1, 0.15) is 6.42 Å². The van der Waals surface area contributed by atoms with Gasteiger partial charge in [0.25, 0.3) is 0 Å². The minimum absolute atomic E-state index is 0.272. The van der Waals surface area contributed by atoms with Crippen molar-refractivity contribution >= 4 is 22.3 Å².